The van der Waals surface area contributed by atoms with Gasteiger partial charge in [-0.1, -0.05) is 0 Å². The topological polar surface area (TPSA) is 46.5 Å². The molecular weight excluding hydrogens is 218 g/mol. The smallest absolute Gasteiger partial charge is 0.308 e. The number of rotatable bonds is 3. The van der Waals surface area contributed by atoms with Crippen LogP contribution in [0, 0.1) is 18.6 Å². The maximum absolute atomic E-state index is 13.4. The summed E-state index contributed by atoms with van der Waals surface area (Å²) in [4.78, 5) is 10.9. The molecule has 0 aliphatic rings. The van der Waals surface area contributed by atoms with Crippen molar-refractivity contribution >= 4 is 5.97 Å². The highest BCUT2D eigenvalue weighted by atomic mass is 19.1. The minimum absolute atomic E-state index is 0.406. The van der Waals surface area contributed by atoms with Crippen molar-refractivity contribution in [3.8, 4) is 0 Å². The minimum atomic E-state index is -1.53. The molecule has 1 rings (SSSR count). The number of carbonyl (C=O) groups excluding carboxylic acids is 1. The Balaban J connectivity index is 2.99. The number of methoxy groups -OCH3 is 1. The zero-order chi connectivity index (χ0) is 12.3. The zero-order valence-corrected chi connectivity index (χ0v) is 8.96. The number of hydrogen-bond acceptors (Lipinski definition) is 3. The van der Waals surface area contributed by atoms with Crippen molar-refractivity contribution in [3.05, 3.63) is 34.9 Å². The summed E-state index contributed by atoms with van der Waals surface area (Å²) in [7, 11) is 1.14. The highest BCUT2D eigenvalue weighted by Crippen LogP contribution is 2.24. The van der Waals surface area contributed by atoms with Crippen molar-refractivity contribution in [2.45, 2.75) is 19.4 Å². The highest BCUT2D eigenvalue weighted by Gasteiger charge is 2.21. The first kappa shape index (κ1) is 12.6. The van der Waals surface area contributed by atoms with Crippen LogP contribution in [0.2, 0.25) is 0 Å². The molecule has 1 atom stereocenters. The van der Waals surface area contributed by atoms with Gasteiger partial charge in [-0.05, 0) is 24.6 Å². The Bertz CT molecular complexity index is 381. The number of aryl methyl sites for hydroxylation is 1. The van der Waals surface area contributed by atoms with Crippen LogP contribution in [0.5, 0.6) is 0 Å². The van der Waals surface area contributed by atoms with Crippen LogP contribution in [0.15, 0.2) is 12.1 Å². The van der Waals surface area contributed by atoms with Gasteiger partial charge in [0.15, 0.2) is 0 Å². The van der Waals surface area contributed by atoms with E-state index in [4.69, 9.17) is 0 Å². The molecule has 3 nitrogen and oxygen atoms in total. The molecule has 1 unspecified atom stereocenters. The van der Waals surface area contributed by atoms with E-state index in [1.165, 1.54) is 6.92 Å². The monoisotopic (exact) mass is 230 g/mol. The van der Waals surface area contributed by atoms with Crippen molar-refractivity contribution in [2.24, 2.45) is 0 Å². The molecular formula is C11H12F2O3. The Morgan fingerprint density at radius 3 is 2.38 bits per heavy atom. The molecule has 0 amide bonds. The lowest BCUT2D eigenvalue weighted by Gasteiger charge is -2.12. The molecule has 0 aromatic heterocycles. The number of benzene rings is 1. The Kier molecular flexibility index (Phi) is 3.95. The summed E-state index contributed by atoms with van der Waals surface area (Å²) in [5, 5.41) is 9.49. The molecule has 5 heteroatoms. The van der Waals surface area contributed by atoms with Gasteiger partial charge in [-0.3, -0.25) is 4.79 Å². The Labute approximate surface area is 91.7 Å². The van der Waals surface area contributed by atoms with Gasteiger partial charge < -0.3 is 9.84 Å². The second-order valence-electron chi connectivity index (χ2n) is 3.44. The number of ether oxygens (including phenoxy) is 1. The molecule has 1 N–H and O–H groups in total. The molecule has 0 fully saturated rings. The Hall–Kier alpha value is -1.49. The van der Waals surface area contributed by atoms with Crippen LogP contribution >= 0.6 is 0 Å². The fourth-order valence-corrected chi connectivity index (χ4v) is 1.37. The molecule has 0 heterocycles. The first-order chi connectivity index (χ1) is 7.45. The average molecular weight is 230 g/mol. The summed E-state index contributed by atoms with van der Waals surface area (Å²) in [5.41, 5.74) is -0.0972. The lowest BCUT2D eigenvalue weighted by molar-refractivity contribution is -0.142. The summed E-state index contributed by atoms with van der Waals surface area (Å²) in [5.74, 6) is -2.46. The predicted octanol–water partition coefficient (Wildman–Crippen LogP) is 1.87. The van der Waals surface area contributed by atoms with Crippen molar-refractivity contribution in [2.75, 3.05) is 7.11 Å². The van der Waals surface area contributed by atoms with Gasteiger partial charge in [0.1, 0.15) is 11.6 Å². The van der Waals surface area contributed by atoms with Crippen molar-refractivity contribution in [3.63, 3.8) is 0 Å². The maximum Gasteiger partial charge on any atom is 0.308 e. The van der Waals surface area contributed by atoms with Gasteiger partial charge in [-0.2, -0.15) is 0 Å². The van der Waals surface area contributed by atoms with Gasteiger partial charge in [0.25, 0.3) is 0 Å². The molecule has 0 aliphatic heterocycles. The fraction of sp³-hybridized carbons (Fsp3) is 0.364. The summed E-state index contributed by atoms with van der Waals surface area (Å²) >= 11 is 0. The third-order valence-electron chi connectivity index (χ3n) is 2.14. The van der Waals surface area contributed by atoms with Gasteiger partial charge in [0.05, 0.1) is 25.2 Å². The molecule has 0 aliphatic carbocycles. The molecule has 16 heavy (non-hydrogen) atoms. The average Bonchev–Trinajstić information content (AvgIpc) is 2.15. The number of halogens is 2. The molecule has 0 spiro atoms. The standard InChI is InChI=1S/C11H12F2O3/c1-6-3-7(12)11(8(13)4-6)9(14)5-10(15)16-2/h3-4,9,14H,5H2,1-2H3. The first-order valence-corrected chi connectivity index (χ1v) is 4.66. The molecule has 0 bridgehead atoms. The molecule has 88 valence electrons. The van der Waals surface area contributed by atoms with E-state index in [1.807, 2.05) is 0 Å². The van der Waals surface area contributed by atoms with E-state index < -0.39 is 35.7 Å². The van der Waals surface area contributed by atoms with Gasteiger partial charge in [0, 0.05) is 0 Å². The molecule has 0 saturated carbocycles. The van der Waals surface area contributed by atoms with Crippen LogP contribution < -0.4 is 0 Å². The first-order valence-electron chi connectivity index (χ1n) is 4.66. The molecule has 0 radical (unpaired) electrons. The maximum atomic E-state index is 13.4. The number of esters is 1. The summed E-state index contributed by atoms with van der Waals surface area (Å²) in [6.45, 7) is 1.53. The summed E-state index contributed by atoms with van der Waals surface area (Å²) in [6, 6.07) is 2.19. The zero-order valence-electron chi connectivity index (χ0n) is 8.96. The third kappa shape index (κ3) is 2.76. The van der Waals surface area contributed by atoms with Crippen molar-refractivity contribution in [1.82, 2.24) is 0 Å². The van der Waals surface area contributed by atoms with Gasteiger partial charge >= 0.3 is 5.97 Å². The predicted molar refractivity (Wildman–Crippen MR) is 52.7 cm³/mol. The highest BCUT2D eigenvalue weighted by molar-refractivity contribution is 5.70. The SMILES string of the molecule is COC(=O)CC(O)c1c(F)cc(C)cc1F. The number of aliphatic hydroxyl groups is 1. The number of carbonyl (C=O) groups is 1. The quantitative estimate of drug-likeness (QED) is 0.806. The lowest BCUT2D eigenvalue weighted by Crippen LogP contribution is -2.11. The van der Waals surface area contributed by atoms with Gasteiger partial charge in [0.2, 0.25) is 0 Å². The number of aliphatic hydroxyl groups excluding tert-OH is 1. The van der Waals surface area contributed by atoms with E-state index in [0.717, 1.165) is 19.2 Å². The summed E-state index contributed by atoms with van der Waals surface area (Å²) < 4.78 is 31.0. The Morgan fingerprint density at radius 1 is 1.44 bits per heavy atom. The molecule has 0 saturated heterocycles. The number of hydrogen-bond donors (Lipinski definition) is 1. The van der Waals surface area contributed by atoms with Gasteiger partial charge in [-0.15, -0.1) is 0 Å². The van der Waals surface area contributed by atoms with Crippen LogP contribution in [-0.4, -0.2) is 18.2 Å². The third-order valence-corrected chi connectivity index (χ3v) is 2.14. The van der Waals surface area contributed by atoms with Crippen LogP contribution in [0.25, 0.3) is 0 Å². The van der Waals surface area contributed by atoms with E-state index >= 15 is 0 Å². The lowest BCUT2D eigenvalue weighted by atomic mass is 10.0. The van der Waals surface area contributed by atoms with E-state index in [1.54, 1.807) is 0 Å². The van der Waals surface area contributed by atoms with Crippen molar-refractivity contribution in [1.29, 1.82) is 0 Å². The van der Waals surface area contributed by atoms with Crippen LogP contribution in [0.4, 0.5) is 8.78 Å². The van der Waals surface area contributed by atoms with E-state index in [-0.39, 0.29) is 0 Å². The van der Waals surface area contributed by atoms with Gasteiger partial charge in [-0.25, -0.2) is 8.78 Å². The van der Waals surface area contributed by atoms with E-state index in [0.29, 0.717) is 5.56 Å². The fourth-order valence-electron chi connectivity index (χ4n) is 1.37. The molecule has 1 aromatic carbocycles. The second-order valence-corrected chi connectivity index (χ2v) is 3.44. The van der Waals surface area contributed by atoms with E-state index in [9.17, 15) is 18.7 Å². The second kappa shape index (κ2) is 5.03. The Morgan fingerprint density at radius 2 is 1.94 bits per heavy atom. The van der Waals surface area contributed by atoms with E-state index in [2.05, 4.69) is 4.74 Å². The molecule has 1 aromatic rings. The largest absolute Gasteiger partial charge is 0.469 e. The normalized spacial score (nSPS) is 12.3. The van der Waals surface area contributed by atoms with Crippen LogP contribution in [0.3, 0.4) is 0 Å². The van der Waals surface area contributed by atoms with Crippen molar-refractivity contribution < 1.29 is 23.4 Å². The van der Waals surface area contributed by atoms with Crippen LogP contribution in [-0.2, 0) is 9.53 Å². The minimum Gasteiger partial charge on any atom is -0.469 e. The summed E-state index contributed by atoms with van der Waals surface area (Å²) in [6.07, 6.45) is -2.01. The van der Waals surface area contributed by atoms with Crippen LogP contribution in [0.1, 0.15) is 23.7 Å².